The number of anilines is 1. The van der Waals surface area contributed by atoms with Crippen LogP contribution < -0.4 is 4.90 Å². The molecule has 0 unspecified atom stereocenters. The highest BCUT2D eigenvalue weighted by molar-refractivity contribution is 5.79. The fourth-order valence-electron chi connectivity index (χ4n) is 4.07. The number of amides is 1. The zero-order valence-corrected chi connectivity index (χ0v) is 15.9. The highest BCUT2D eigenvalue weighted by atomic mass is 16.5. The zero-order chi connectivity index (χ0) is 19.2. The lowest BCUT2D eigenvalue weighted by Crippen LogP contribution is -2.45. The van der Waals surface area contributed by atoms with Gasteiger partial charge in [-0.25, -0.2) is 0 Å². The number of hydrogen-bond donors (Lipinski definition) is 0. The molecule has 1 amide bonds. The van der Waals surface area contributed by atoms with Crippen molar-refractivity contribution in [2.24, 2.45) is 11.8 Å². The van der Waals surface area contributed by atoms with Crippen LogP contribution in [0.3, 0.4) is 0 Å². The second-order valence-electron chi connectivity index (χ2n) is 7.47. The summed E-state index contributed by atoms with van der Waals surface area (Å²) in [6.45, 7) is 3.22. The molecule has 0 N–H and O–H groups in total. The maximum Gasteiger partial charge on any atom is 0.305 e. The zero-order valence-electron chi connectivity index (χ0n) is 15.9. The van der Waals surface area contributed by atoms with Gasteiger partial charge in [-0.1, -0.05) is 0 Å². The number of benzene rings is 1. The molecular weight excluding hydrogens is 342 g/mol. The van der Waals surface area contributed by atoms with Gasteiger partial charge in [0.2, 0.25) is 5.91 Å². The van der Waals surface area contributed by atoms with E-state index in [1.807, 2.05) is 29.2 Å². The Morgan fingerprint density at radius 1 is 1.07 bits per heavy atom. The molecule has 2 saturated heterocycles. The topological polar surface area (TPSA) is 73.6 Å². The molecule has 0 spiro atoms. The molecule has 0 bridgehead atoms. The number of methoxy groups -OCH3 is 1. The number of nitrogens with zero attached hydrogens (tertiary/aromatic N) is 3. The van der Waals surface area contributed by atoms with E-state index in [1.165, 1.54) is 7.11 Å². The third-order valence-electron chi connectivity index (χ3n) is 5.81. The lowest BCUT2D eigenvalue weighted by molar-refractivity contribution is -0.142. The number of hydrogen-bond acceptors (Lipinski definition) is 5. The van der Waals surface area contributed by atoms with Crippen LogP contribution >= 0.6 is 0 Å². The van der Waals surface area contributed by atoms with Crippen molar-refractivity contribution in [3.8, 4) is 6.07 Å². The van der Waals surface area contributed by atoms with Crippen molar-refractivity contribution in [1.82, 2.24) is 4.90 Å². The van der Waals surface area contributed by atoms with Crippen LogP contribution in [0.2, 0.25) is 0 Å². The van der Waals surface area contributed by atoms with E-state index in [4.69, 9.17) is 10.00 Å². The van der Waals surface area contributed by atoms with Crippen LogP contribution in [0, 0.1) is 23.2 Å². The molecule has 3 rings (SSSR count). The van der Waals surface area contributed by atoms with Crippen LogP contribution in [0.25, 0.3) is 0 Å². The summed E-state index contributed by atoms with van der Waals surface area (Å²) in [4.78, 5) is 28.5. The summed E-state index contributed by atoms with van der Waals surface area (Å²) in [6.07, 6.45) is 3.94. The quantitative estimate of drug-likeness (QED) is 0.763. The molecule has 27 heavy (non-hydrogen) atoms. The Kier molecular flexibility index (Phi) is 6.33. The summed E-state index contributed by atoms with van der Waals surface area (Å²) in [5, 5.41) is 8.90. The molecular formula is C21H27N3O3. The second kappa shape index (κ2) is 8.90. The molecule has 2 aliphatic rings. The van der Waals surface area contributed by atoms with Crippen LogP contribution in [0.1, 0.15) is 37.7 Å². The first-order valence-corrected chi connectivity index (χ1v) is 9.71. The largest absolute Gasteiger partial charge is 0.469 e. The van der Waals surface area contributed by atoms with E-state index >= 15 is 0 Å². The number of nitriles is 1. The number of likely N-dealkylation sites (tertiary alicyclic amines) is 1. The van der Waals surface area contributed by atoms with Crippen LogP contribution in [0.15, 0.2) is 24.3 Å². The summed E-state index contributed by atoms with van der Waals surface area (Å²) in [7, 11) is 1.42. The van der Waals surface area contributed by atoms with Gasteiger partial charge in [-0.15, -0.1) is 0 Å². The van der Waals surface area contributed by atoms with Crippen LogP contribution in [0.4, 0.5) is 5.69 Å². The fraction of sp³-hybridized carbons (Fsp3) is 0.571. The minimum absolute atomic E-state index is 0.0942. The first-order valence-electron chi connectivity index (χ1n) is 9.71. The normalized spacial score (nSPS) is 18.8. The lowest BCUT2D eigenvalue weighted by Gasteiger charge is -2.37. The molecule has 2 heterocycles. The molecule has 2 fully saturated rings. The van der Waals surface area contributed by atoms with Gasteiger partial charge >= 0.3 is 5.97 Å². The monoisotopic (exact) mass is 369 g/mol. The summed E-state index contributed by atoms with van der Waals surface area (Å²) in [6, 6.07) is 9.77. The van der Waals surface area contributed by atoms with Crippen molar-refractivity contribution < 1.29 is 14.3 Å². The van der Waals surface area contributed by atoms with Crippen LogP contribution in [-0.4, -0.2) is 50.1 Å². The van der Waals surface area contributed by atoms with Crippen molar-refractivity contribution >= 4 is 17.6 Å². The van der Waals surface area contributed by atoms with E-state index in [0.29, 0.717) is 17.9 Å². The van der Waals surface area contributed by atoms with Gasteiger partial charge in [-0.05, 0) is 55.9 Å². The van der Waals surface area contributed by atoms with E-state index in [0.717, 1.165) is 57.5 Å². The second-order valence-corrected chi connectivity index (χ2v) is 7.47. The summed E-state index contributed by atoms with van der Waals surface area (Å²) >= 11 is 0. The van der Waals surface area contributed by atoms with E-state index in [2.05, 4.69) is 11.0 Å². The number of esters is 1. The van der Waals surface area contributed by atoms with Crippen molar-refractivity contribution in [3.63, 3.8) is 0 Å². The molecule has 1 aromatic carbocycles. The van der Waals surface area contributed by atoms with E-state index in [9.17, 15) is 9.59 Å². The number of carbonyl (C=O) groups is 2. The lowest BCUT2D eigenvalue weighted by atomic mass is 9.90. The van der Waals surface area contributed by atoms with Crippen LogP contribution in [-0.2, 0) is 14.3 Å². The van der Waals surface area contributed by atoms with Gasteiger partial charge in [0, 0.05) is 44.2 Å². The summed E-state index contributed by atoms with van der Waals surface area (Å²) in [5.41, 5.74) is 1.78. The minimum Gasteiger partial charge on any atom is -0.469 e. The van der Waals surface area contributed by atoms with Crippen molar-refractivity contribution in [2.45, 2.75) is 32.1 Å². The average Bonchev–Trinajstić information content (AvgIpc) is 2.74. The van der Waals surface area contributed by atoms with Crippen molar-refractivity contribution in [1.29, 1.82) is 5.26 Å². The van der Waals surface area contributed by atoms with Gasteiger partial charge in [-0.3, -0.25) is 9.59 Å². The van der Waals surface area contributed by atoms with Gasteiger partial charge in [0.1, 0.15) is 0 Å². The van der Waals surface area contributed by atoms with Gasteiger partial charge in [-0.2, -0.15) is 5.26 Å². The van der Waals surface area contributed by atoms with Crippen LogP contribution in [0.5, 0.6) is 0 Å². The van der Waals surface area contributed by atoms with Crippen molar-refractivity contribution in [2.75, 3.05) is 38.2 Å². The molecule has 0 aromatic heterocycles. The molecule has 0 atom stereocenters. The molecule has 0 radical (unpaired) electrons. The number of piperidine rings is 2. The maximum absolute atomic E-state index is 12.8. The molecule has 0 saturated carbocycles. The van der Waals surface area contributed by atoms with Gasteiger partial charge < -0.3 is 14.5 Å². The predicted molar refractivity (Wildman–Crippen MR) is 102 cm³/mol. The Bertz CT molecular complexity index is 694. The highest BCUT2D eigenvalue weighted by Gasteiger charge is 2.31. The highest BCUT2D eigenvalue weighted by Crippen LogP contribution is 2.27. The molecule has 6 nitrogen and oxygen atoms in total. The maximum atomic E-state index is 12.8. The smallest absolute Gasteiger partial charge is 0.305 e. The van der Waals surface area contributed by atoms with Gasteiger partial charge in [0.15, 0.2) is 0 Å². The summed E-state index contributed by atoms with van der Waals surface area (Å²) in [5.74, 6) is 0.539. The van der Waals surface area contributed by atoms with E-state index in [-0.39, 0.29) is 17.8 Å². The number of carbonyl (C=O) groups excluding carboxylic acids is 2. The first kappa shape index (κ1) is 19.2. The summed E-state index contributed by atoms with van der Waals surface area (Å²) < 4.78 is 4.74. The average molecular weight is 369 g/mol. The third kappa shape index (κ3) is 4.79. The fourth-order valence-corrected chi connectivity index (χ4v) is 4.07. The van der Waals surface area contributed by atoms with Gasteiger partial charge in [0.25, 0.3) is 0 Å². The molecule has 1 aromatic rings. The molecule has 6 heteroatoms. The molecule has 0 aliphatic carbocycles. The third-order valence-corrected chi connectivity index (χ3v) is 5.81. The van der Waals surface area contributed by atoms with E-state index in [1.54, 1.807) is 0 Å². The number of ether oxygens (including phenoxy) is 1. The SMILES string of the molecule is COC(=O)CC1CCN(C(=O)C2CCN(c3ccc(C#N)cc3)CC2)CC1. The van der Waals surface area contributed by atoms with Gasteiger partial charge in [0.05, 0.1) is 18.7 Å². The Hall–Kier alpha value is -2.55. The van der Waals surface area contributed by atoms with Crippen molar-refractivity contribution in [3.05, 3.63) is 29.8 Å². The van der Waals surface area contributed by atoms with E-state index < -0.39 is 0 Å². The number of rotatable bonds is 4. The Labute approximate surface area is 160 Å². The predicted octanol–water partition coefficient (Wildman–Crippen LogP) is 2.58. The molecule has 2 aliphatic heterocycles. The minimum atomic E-state index is -0.157. The first-order chi connectivity index (χ1) is 13.1. The Morgan fingerprint density at radius 2 is 1.70 bits per heavy atom. The Balaban J connectivity index is 1.46. The standard InChI is InChI=1S/C21H27N3O3/c1-27-20(25)14-16-6-10-24(11-7-16)21(26)18-8-12-23(13-9-18)19-4-2-17(15-22)3-5-19/h2-5,16,18H,6-14H2,1H3. The Morgan fingerprint density at radius 3 is 2.26 bits per heavy atom. The molecule has 144 valence electrons.